The summed E-state index contributed by atoms with van der Waals surface area (Å²) in [4.78, 5) is 30.3. The Balaban J connectivity index is 1.99. The fourth-order valence-corrected chi connectivity index (χ4v) is 2.14. The van der Waals surface area contributed by atoms with Crippen molar-refractivity contribution < 1.29 is 18.4 Å². The van der Waals surface area contributed by atoms with E-state index in [2.05, 4.69) is 15.6 Å². The number of pyridine rings is 1. The van der Waals surface area contributed by atoms with Gasteiger partial charge in [0.25, 0.3) is 11.8 Å². The molecule has 0 saturated carbocycles. The van der Waals surface area contributed by atoms with Crippen LogP contribution >= 0.6 is 0 Å². The highest BCUT2D eigenvalue weighted by molar-refractivity contribution is 6.03. The number of nitrogens with one attached hydrogen (secondary N) is 2. The minimum atomic E-state index is -1.07. The number of halogens is 2. The molecule has 6 nitrogen and oxygen atoms in total. The zero-order valence-corrected chi connectivity index (χ0v) is 14.6. The van der Waals surface area contributed by atoms with E-state index in [9.17, 15) is 18.4 Å². The maximum atomic E-state index is 13.2. The van der Waals surface area contributed by atoms with Crippen LogP contribution in [0.15, 0.2) is 36.4 Å². The van der Waals surface area contributed by atoms with Gasteiger partial charge in [-0.3, -0.25) is 9.59 Å². The van der Waals surface area contributed by atoms with Crippen molar-refractivity contribution in [1.82, 2.24) is 15.2 Å². The van der Waals surface area contributed by atoms with Crippen molar-refractivity contribution in [2.24, 2.45) is 0 Å². The van der Waals surface area contributed by atoms with Crippen LogP contribution in [0.3, 0.4) is 0 Å². The van der Waals surface area contributed by atoms with Crippen molar-refractivity contribution in [3.05, 3.63) is 59.4 Å². The lowest BCUT2D eigenvalue weighted by atomic mass is 10.2. The summed E-state index contributed by atoms with van der Waals surface area (Å²) < 4.78 is 26.1. The van der Waals surface area contributed by atoms with Crippen molar-refractivity contribution in [2.75, 3.05) is 32.5 Å². The van der Waals surface area contributed by atoms with Gasteiger partial charge in [-0.25, -0.2) is 13.8 Å². The average molecular weight is 362 g/mol. The number of aromatic nitrogens is 1. The van der Waals surface area contributed by atoms with Crippen molar-refractivity contribution in [1.29, 1.82) is 0 Å². The van der Waals surface area contributed by atoms with Gasteiger partial charge in [0.1, 0.15) is 11.4 Å². The van der Waals surface area contributed by atoms with Gasteiger partial charge in [0.2, 0.25) is 0 Å². The Hall–Kier alpha value is -2.87. The molecule has 0 atom stereocenters. The van der Waals surface area contributed by atoms with E-state index in [0.29, 0.717) is 6.54 Å². The molecule has 8 heteroatoms. The number of nitrogens with zero attached hydrogens (tertiary/aromatic N) is 2. The van der Waals surface area contributed by atoms with Crippen molar-refractivity contribution in [2.45, 2.75) is 6.42 Å². The molecule has 0 spiro atoms. The van der Waals surface area contributed by atoms with Gasteiger partial charge < -0.3 is 15.5 Å². The van der Waals surface area contributed by atoms with Crippen LogP contribution in [0.4, 0.5) is 14.5 Å². The summed E-state index contributed by atoms with van der Waals surface area (Å²) in [7, 11) is 3.89. The van der Waals surface area contributed by atoms with E-state index in [-0.39, 0.29) is 23.0 Å². The lowest BCUT2D eigenvalue weighted by Gasteiger charge is -2.10. The number of benzene rings is 1. The predicted octanol–water partition coefficient (Wildman–Crippen LogP) is 2.29. The molecular formula is C18H20F2N4O2. The summed E-state index contributed by atoms with van der Waals surface area (Å²) in [6.07, 6.45) is 0.787. The first kappa shape index (κ1) is 19.5. The fourth-order valence-electron chi connectivity index (χ4n) is 2.14. The van der Waals surface area contributed by atoms with E-state index in [0.717, 1.165) is 25.1 Å². The molecule has 0 bridgehead atoms. The quantitative estimate of drug-likeness (QED) is 0.741. The van der Waals surface area contributed by atoms with Crippen LogP contribution < -0.4 is 10.6 Å². The van der Waals surface area contributed by atoms with Gasteiger partial charge in [0.05, 0.1) is 0 Å². The number of anilines is 1. The maximum Gasteiger partial charge on any atom is 0.274 e. The number of carbonyl (C=O) groups excluding carboxylic acids is 2. The molecule has 0 saturated heterocycles. The molecule has 0 aliphatic rings. The Bertz CT molecular complexity index is 797. The van der Waals surface area contributed by atoms with E-state index in [1.54, 1.807) is 0 Å². The van der Waals surface area contributed by atoms with E-state index < -0.39 is 17.5 Å². The third-order valence-electron chi connectivity index (χ3n) is 3.46. The van der Waals surface area contributed by atoms with Crippen LogP contribution in [-0.4, -0.2) is 48.9 Å². The monoisotopic (exact) mass is 362 g/mol. The number of hydrogen-bond donors (Lipinski definition) is 2. The Morgan fingerprint density at radius 2 is 1.73 bits per heavy atom. The highest BCUT2D eigenvalue weighted by Crippen LogP contribution is 2.14. The molecule has 2 aromatic rings. The van der Waals surface area contributed by atoms with Gasteiger partial charge in [-0.15, -0.1) is 0 Å². The minimum Gasteiger partial charge on any atom is -0.351 e. The van der Waals surface area contributed by atoms with Crippen LogP contribution in [-0.2, 0) is 0 Å². The standard InChI is InChI=1S/C18H20F2N4O2/c1-24(2)10-4-9-21-17(25)15-5-3-6-16(23-15)18(26)22-12-7-8-13(19)14(20)11-12/h3,5-8,11H,4,9-10H2,1-2H3,(H,21,25)(H,22,26). The van der Waals surface area contributed by atoms with Gasteiger partial charge in [-0.2, -0.15) is 0 Å². The largest absolute Gasteiger partial charge is 0.351 e. The van der Waals surface area contributed by atoms with Crippen molar-refractivity contribution in [3.8, 4) is 0 Å². The Morgan fingerprint density at radius 1 is 1.04 bits per heavy atom. The Labute approximate surface area is 150 Å². The Kier molecular flexibility index (Phi) is 6.74. The number of hydrogen-bond acceptors (Lipinski definition) is 4. The van der Waals surface area contributed by atoms with Gasteiger partial charge in [-0.1, -0.05) is 6.07 Å². The summed E-state index contributed by atoms with van der Waals surface area (Å²) >= 11 is 0. The molecule has 1 aromatic heterocycles. The minimum absolute atomic E-state index is 0.00400. The maximum absolute atomic E-state index is 13.2. The van der Waals surface area contributed by atoms with Crippen LogP contribution in [0.2, 0.25) is 0 Å². The zero-order chi connectivity index (χ0) is 19.1. The molecule has 1 heterocycles. The van der Waals surface area contributed by atoms with E-state index in [4.69, 9.17) is 0 Å². The van der Waals surface area contributed by atoms with Crippen LogP contribution in [0.1, 0.15) is 27.4 Å². The number of rotatable bonds is 7. The molecule has 26 heavy (non-hydrogen) atoms. The molecule has 0 aliphatic heterocycles. The van der Waals surface area contributed by atoms with Gasteiger partial charge >= 0.3 is 0 Å². The average Bonchev–Trinajstić information content (AvgIpc) is 2.61. The van der Waals surface area contributed by atoms with Gasteiger partial charge in [0, 0.05) is 18.3 Å². The zero-order valence-electron chi connectivity index (χ0n) is 14.6. The van der Waals surface area contributed by atoms with Crippen molar-refractivity contribution >= 4 is 17.5 Å². The molecule has 1 aromatic carbocycles. The summed E-state index contributed by atoms with van der Waals surface area (Å²) in [5.41, 5.74) is 0.192. The first-order valence-electron chi connectivity index (χ1n) is 8.03. The van der Waals surface area contributed by atoms with Crippen LogP contribution in [0.5, 0.6) is 0 Å². The molecular weight excluding hydrogens is 342 g/mol. The van der Waals surface area contributed by atoms with E-state index >= 15 is 0 Å². The molecule has 2 amide bonds. The SMILES string of the molecule is CN(C)CCCNC(=O)c1cccc(C(=O)Nc2ccc(F)c(F)c2)n1. The molecule has 0 radical (unpaired) electrons. The summed E-state index contributed by atoms with van der Waals surface area (Å²) in [6, 6.07) is 7.47. The van der Waals surface area contributed by atoms with Crippen molar-refractivity contribution in [3.63, 3.8) is 0 Å². The molecule has 2 rings (SSSR count). The molecule has 0 fully saturated rings. The summed E-state index contributed by atoms with van der Waals surface area (Å²) in [6.45, 7) is 1.33. The third-order valence-corrected chi connectivity index (χ3v) is 3.46. The second kappa shape index (κ2) is 9.00. The highest BCUT2D eigenvalue weighted by Gasteiger charge is 2.13. The summed E-state index contributed by atoms with van der Waals surface area (Å²) in [5.74, 6) is -3.08. The molecule has 138 valence electrons. The van der Waals surface area contributed by atoms with Crippen LogP contribution in [0.25, 0.3) is 0 Å². The second-order valence-electron chi connectivity index (χ2n) is 5.90. The lowest BCUT2D eigenvalue weighted by molar-refractivity contribution is 0.0947. The number of amides is 2. The fraction of sp³-hybridized carbons (Fsp3) is 0.278. The smallest absolute Gasteiger partial charge is 0.274 e. The van der Waals surface area contributed by atoms with Crippen LogP contribution in [0, 0.1) is 11.6 Å². The highest BCUT2D eigenvalue weighted by atomic mass is 19.2. The predicted molar refractivity (Wildman–Crippen MR) is 94.1 cm³/mol. The number of carbonyl (C=O) groups is 2. The lowest BCUT2D eigenvalue weighted by Crippen LogP contribution is -2.28. The molecule has 2 N–H and O–H groups in total. The van der Waals surface area contributed by atoms with E-state index in [1.807, 2.05) is 19.0 Å². The Morgan fingerprint density at radius 3 is 2.38 bits per heavy atom. The van der Waals surface area contributed by atoms with Gasteiger partial charge in [-0.05, 0) is 51.3 Å². The normalized spacial score (nSPS) is 10.7. The first-order chi connectivity index (χ1) is 12.4. The second-order valence-corrected chi connectivity index (χ2v) is 5.90. The first-order valence-corrected chi connectivity index (χ1v) is 8.03. The molecule has 0 aliphatic carbocycles. The summed E-state index contributed by atoms with van der Waals surface area (Å²) in [5, 5.41) is 5.14. The molecule has 0 unspecified atom stereocenters. The van der Waals surface area contributed by atoms with Gasteiger partial charge in [0.15, 0.2) is 11.6 Å². The third kappa shape index (κ3) is 5.59. The topological polar surface area (TPSA) is 74.3 Å². The van der Waals surface area contributed by atoms with E-state index in [1.165, 1.54) is 24.3 Å².